The molecular weight excluding hydrogens is 408 g/mol. The van der Waals surface area contributed by atoms with E-state index in [9.17, 15) is 5.11 Å². The predicted molar refractivity (Wildman–Crippen MR) is 126 cm³/mol. The van der Waals surface area contributed by atoms with Crippen LogP contribution in [0.1, 0.15) is 56.8 Å². The molecule has 2 atom stereocenters. The number of aryl methyl sites for hydroxylation is 2. The Labute approximate surface area is 186 Å². The summed E-state index contributed by atoms with van der Waals surface area (Å²) >= 11 is 1.68. The third-order valence-electron chi connectivity index (χ3n) is 6.22. The minimum atomic E-state index is 0.257. The van der Waals surface area contributed by atoms with Gasteiger partial charge in [0, 0.05) is 24.9 Å². The molecule has 3 N–H and O–H groups in total. The molecule has 2 aliphatic rings. The van der Waals surface area contributed by atoms with Crippen LogP contribution in [0, 0.1) is 12.8 Å². The second-order valence-electron chi connectivity index (χ2n) is 8.85. The average molecular weight is 439 g/mol. The monoisotopic (exact) mass is 438 g/mol. The number of anilines is 2. The van der Waals surface area contributed by atoms with Crippen LogP contribution >= 0.6 is 11.3 Å². The molecule has 8 heteroatoms. The molecule has 0 spiro atoms. The van der Waals surface area contributed by atoms with Crippen molar-refractivity contribution in [3.8, 4) is 10.6 Å². The molecule has 7 nitrogen and oxygen atoms in total. The summed E-state index contributed by atoms with van der Waals surface area (Å²) in [4.78, 5) is 19.2. The van der Waals surface area contributed by atoms with Gasteiger partial charge in [-0.15, -0.1) is 11.3 Å². The van der Waals surface area contributed by atoms with Crippen molar-refractivity contribution in [2.75, 3.05) is 17.2 Å². The molecule has 0 saturated heterocycles. The highest BCUT2D eigenvalue weighted by atomic mass is 32.1. The van der Waals surface area contributed by atoms with Crippen molar-refractivity contribution in [2.45, 2.75) is 70.9 Å². The Morgan fingerprint density at radius 2 is 1.94 bits per heavy atom. The summed E-state index contributed by atoms with van der Waals surface area (Å²) < 4.78 is 1.15. The molecule has 3 aromatic heterocycles. The number of rotatable bonds is 8. The highest BCUT2D eigenvalue weighted by Gasteiger charge is 2.28. The van der Waals surface area contributed by atoms with E-state index in [2.05, 4.69) is 22.5 Å². The second kappa shape index (κ2) is 8.67. The molecule has 164 valence electrons. The Balaban J connectivity index is 1.55. The Morgan fingerprint density at radius 3 is 2.68 bits per heavy atom. The number of nitrogens with one attached hydrogen (secondary N) is 2. The number of nitrogens with zero attached hydrogens (tertiary/aromatic N) is 4. The number of aromatic nitrogens is 4. The lowest BCUT2D eigenvalue weighted by Crippen LogP contribution is -2.19. The number of pyridine rings is 1. The molecular formula is C23H30N6OS. The average Bonchev–Trinajstić information content (AvgIpc) is 3.27. The summed E-state index contributed by atoms with van der Waals surface area (Å²) in [5.41, 5.74) is 3.97. The van der Waals surface area contributed by atoms with E-state index in [1.165, 1.54) is 12.8 Å². The van der Waals surface area contributed by atoms with E-state index < -0.39 is 0 Å². The SMILES string of the molecule is CCCc1nccc2sc(-c3c(C)nc(NC4CC4)nc3N[C@H]3CC[C@@H](CO)C3)nc12. The van der Waals surface area contributed by atoms with Crippen molar-refractivity contribution in [2.24, 2.45) is 5.92 Å². The number of hydrogen-bond acceptors (Lipinski definition) is 8. The molecule has 3 aromatic rings. The molecule has 31 heavy (non-hydrogen) atoms. The second-order valence-corrected chi connectivity index (χ2v) is 9.88. The standard InChI is InChI=1S/C23H30N6OS/c1-3-4-17-20-18(9-10-24-17)31-22(28-20)19-13(2)25-23(27-15-7-8-15)29-21(19)26-16-6-5-14(11-16)12-30/h9-10,14-16,30H,3-8,11-12H2,1-2H3,(H2,25,26,27,29)/t14-,16+/m1/s1. The molecule has 5 rings (SSSR count). The van der Waals surface area contributed by atoms with Crippen LogP contribution < -0.4 is 10.6 Å². The van der Waals surface area contributed by atoms with Gasteiger partial charge in [0.2, 0.25) is 5.95 Å². The molecule has 0 aliphatic heterocycles. The molecule has 2 saturated carbocycles. The first kappa shape index (κ1) is 20.6. The zero-order chi connectivity index (χ0) is 21.4. The summed E-state index contributed by atoms with van der Waals surface area (Å²) in [6.07, 6.45) is 9.27. The molecule has 0 bridgehead atoms. The van der Waals surface area contributed by atoms with Gasteiger partial charge in [0.25, 0.3) is 0 Å². The quantitative estimate of drug-likeness (QED) is 0.474. The number of hydrogen-bond donors (Lipinski definition) is 3. The van der Waals surface area contributed by atoms with Crippen LogP contribution in [0.4, 0.5) is 11.8 Å². The lowest BCUT2D eigenvalue weighted by Gasteiger charge is -2.18. The van der Waals surface area contributed by atoms with Gasteiger partial charge in [-0.05, 0) is 57.4 Å². The first-order valence-electron chi connectivity index (χ1n) is 11.4. The van der Waals surface area contributed by atoms with Crippen molar-refractivity contribution in [1.29, 1.82) is 0 Å². The topological polar surface area (TPSA) is 95.9 Å². The van der Waals surface area contributed by atoms with Crippen LogP contribution in [0.15, 0.2) is 12.3 Å². The molecule has 2 aliphatic carbocycles. The van der Waals surface area contributed by atoms with Crippen LogP contribution in [0.2, 0.25) is 0 Å². The van der Waals surface area contributed by atoms with Crippen LogP contribution in [0.25, 0.3) is 20.8 Å². The fraction of sp³-hybridized carbons (Fsp3) is 0.565. The predicted octanol–water partition coefficient (Wildman–Crippen LogP) is 4.56. The van der Waals surface area contributed by atoms with Gasteiger partial charge >= 0.3 is 0 Å². The van der Waals surface area contributed by atoms with Crippen LogP contribution in [0.3, 0.4) is 0 Å². The fourth-order valence-corrected chi connectivity index (χ4v) is 5.49. The van der Waals surface area contributed by atoms with Gasteiger partial charge in [0.1, 0.15) is 16.3 Å². The summed E-state index contributed by atoms with van der Waals surface area (Å²) in [5.74, 6) is 1.92. The summed E-state index contributed by atoms with van der Waals surface area (Å²) in [6, 6.07) is 2.85. The van der Waals surface area contributed by atoms with Crippen molar-refractivity contribution < 1.29 is 5.11 Å². The first-order valence-corrected chi connectivity index (χ1v) is 12.2. The maximum Gasteiger partial charge on any atom is 0.225 e. The smallest absolute Gasteiger partial charge is 0.225 e. The normalized spacial score (nSPS) is 21.0. The van der Waals surface area contributed by atoms with E-state index in [0.717, 1.165) is 70.1 Å². The van der Waals surface area contributed by atoms with Gasteiger partial charge in [-0.3, -0.25) is 4.98 Å². The summed E-state index contributed by atoms with van der Waals surface area (Å²) in [6.45, 7) is 4.47. The zero-order valence-electron chi connectivity index (χ0n) is 18.2. The molecule has 3 heterocycles. The number of fused-ring (bicyclic) bond motifs is 1. The van der Waals surface area contributed by atoms with E-state index in [1.54, 1.807) is 11.3 Å². The third kappa shape index (κ3) is 4.36. The van der Waals surface area contributed by atoms with E-state index in [4.69, 9.17) is 15.0 Å². The largest absolute Gasteiger partial charge is 0.396 e. The van der Waals surface area contributed by atoms with E-state index >= 15 is 0 Å². The molecule has 0 radical (unpaired) electrons. The van der Waals surface area contributed by atoms with Crippen molar-refractivity contribution in [3.05, 3.63) is 23.7 Å². The lowest BCUT2D eigenvalue weighted by molar-refractivity contribution is 0.229. The maximum atomic E-state index is 9.55. The Hall–Kier alpha value is -2.32. The molecule has 0 aromatic carbocycles. The first-order chi connectivity index (χ1) is 15.1. The highest BCUT2D eigenvalue weighted by molar-refractivity contribution is 7.21. The maximum absolute atomic E-state index is 9.55. The molecule has 2 fully saturated rings. The number of thiazole rings is 1. The highest BCUT2D eigenvalue weighted by Crippen LogP contribution is 2.39. The van der Waals surface area contributed by atoms with E-state index in [1.807, 2.05) is 19.2 Å². The zero-order valence-corrected chi connectivity index (χ0v) is 19.0. The molecule has 0 amide bonds. The third-order valence-corrected chi connectivity index (χ3v) is 7.26. The summed E-state index contributed by atoms with van der Waals surface area (Å²) in [7, 11) is 0. The van der Waals surface area contributed by atoms with E-state index in [0.29, 0.717) is 23.9 Å². The number of aliphatic hydroxyl groups is 1. The Kier molecular flexibility index (Phi) is 5.75. The van der Waals surface area contributed by atoms with Gasteiger partial charge < -0.3 is 15.7 Å². The minimum absolute atomic E-state index is 0.257. The lowest BCUT2D eigenvalue weighted by atomic mass is 10.1. The Bertz CT molecular complexity index is 1080. The van der Waals surface area contributed by atoms with Gasteiger partial charge in [-0.2, -0.15) is 4.98 Å². The van der Waals surface area contributed by atoms with Crippen LogP contribution in [-0.4, -0.2) is 43.7 Å². The Morgan fingerprint density at radius 1 is 1.10 bits per heavy atom. The van der Waals surface area contributed by atoms with Crippen LogP contribution in [-0.2, 0) is 6.42 Å². The molecule has 0 unspecified atom stereocenters. The summed E-state index contributed by atoms with van der Waals surface area (Å²) in [5, 5.41) is 17.6. The van der Waals surface area contributed by atoms with Crippen LogP contribution in [0.5, 0.6) is 0 Å². The van der Waals surface area contributed by atoms with Crippen molar-refractivity contribution in [1.82, 2.24) is 19.9 Å². The number of aliphatic hydroxyl groups excluding tert-OH is 1. The van der Waals surface area contributed by atoms with Gasteiger partial charge in [-0.1, -0.05) is 13.3 Å². The van der Waals surface area contributed by atoms with Crippen molar-refractivity contribution >= 4 is 33.3 Å². The van der Waals surface area contributed by atoms with E-state index in [-0.39, 0.29) is 6.61 Å². The van der Waals surface area contributed by atoms with Gasteiger partial charge in [0.15, 0.2) is 0 Å². The fourth-order valence-electron chi connectivity index (χ4n) is 4.41. The van der Waals surface area contributed by atoms with Crippen molar-refractivity contribution in [3.63, 3.8) is 0 Å². The van der Waals surface area contributed by atoms with Gasteiger partial charge in [0.05, 0.1) is 21.7 Å². The van der Waals surface area contributed by atoms with Gasteiger partial charge in [-0.25, -0.2) is 9.97 Å². The minimum Gasteiger partial charge on any atom is -0.396 e.